The van der Waals surface area contributed by atoms with Gasteiger partial charge in [-0.3, -0.25) is 0 Å². The van der Waals surface area contributed by atoms with Gasteiger partial charge in [0.2, 0.25) is 0 Å². The normalized spacial score (nSPS) is 18.5. The Kier molecular flexibility index (Phi) is 10.8. The predicted octanol–water partition coefficient (Wildman–Crippen LogP) is 6.84. The summed E-state index contributed by atoms with van der Waals surface area (Å²) < 4.78 is 0. The van der Waals surface area contributed by atoms with Gasteiger partial charge in [0.15, 0.2) is 0 Å². The zero-order valence-corrected chi connectivity index (χ0v) is 12.8. The Morgan fingerprint density at radius 3 is 1.72 bits per heavy atom. The maximum atomic E-state index is 2.30. The van der Waals surface area contributed by atoms with Gasteiger partial charge >= 0.3 is 0 Å². The van der Waals surface area contributed by atoms with E-state index >= 15 is 0 Å². The fourth-order valence-electron chi connectivity index (χ4n) is 3.16. The molecule has 1 aliphatic carbocycles. The van der Waals surface area contributed by atoms with Gasteiger partial charge in [0, 0.05) is 0 Å². The zero-order chi connectivity index (χ0) is 12.9. The van der Waals surface area contributed by atoms with Crippen LogP contribution >= 0.6 is 0 Å². The van der Waals surface area contributed by atoms with E-state index in [1.165, 1.54) is 103 Å². The Morgan fingerprint density at radius 1 is 0.611 bits per heavy atom. The van der Waals surface area contributed by atoms with Gasteiger partial charge < -0.3 is 0 Å². The highest BCUT2D eigenvalue weighted by Crippen LogP contribution is 2.28. The molecule has 18 heavy (non-hydrogen) atoms. The van der Waals surface area contributed by atoms with Gasteiger partial charge in [-0.05, 0) is 25.2 Å². The lowest BCUT2D eigenvalue weighted by Gasteiger charge is -2.18. The Hall–Kier alpha value is 0. The zero-order valence-electron chi connectivity index (χ0n) is 12.8. The van der Waals surface area contributed by atoms with Crippen molar-refractivity contribution in [2.24, 2.45) is 0 Å². The Bertz CT molecular complexity index is 153. The van der Waals surface area contributed by atoms with Crippen molar-refractivity contribution in [1.29, 1.82) is 0 Å². The third-order valence-corrected chi connectivity index (χ3v) is 4.44. The van der Waals surface area contributed by atoms with E-state index in [1.54, 1.807) is 0 Å². The van der Waals surface area contributed by atoms with Gasteiger partial charge in [-0.1, -0.05) is 90.4 Å². The maximum absolute atomic E-state index is 2.30. The van der Waals surface area contributed by atoms with E-state index < -0.39 is 0 Å². The molecule has 0 aromatic heterocycles. The van der Waals surface area contributed by atoms with Crippen LogP contribution in [0.15, 0.2) is 0 Å². The molecule has 1 radical (unpaired) electrons. The third-order valence-electron chi connectivity index (χ3n) is 4.44. The third kappa shape index (κ3) is 9.00. The Morgan fingerprint density at radius 2 is 1.11 bits per heavy atom. The second kappa shape index (κ2) is 12.1. The first-order chi connectivity index (χ1) is 8.93. The van der Waals surface area contributed by atoms with Gasteiger partial charge in [-0.2, -0.15) is 0 Å². The largest absolute Gasteiger partial charge is 0.0654 e. The lowest BCUT2D eigenvalue weighted by molar-refractivity contribution is 0.487. The van der Waals surface area contributed by atoms with Crippen LogP contribution in [-0.4, -0.2) is 0 Å². The molecule has 1 rings (SSSR count). The Labute approximate surface area is 116 Å². The Balaban J connectivity index is 1.86. The minimum Gasteiger partial charge on any atom is -0.0654 e. The summed E-state index contributed by atoms with van der Waals surface area (Å²) in [6.45, 7) is 2.30. The summed E-state index contributed by atoms with van der Waals surface area (Å²) in [5, 5.41) is 0. The standard InChI is InChI=1S/C18H35/c1-2-3-4-5-6-7-9-12-15-18-16-13-10-8-11-14-17-18/h2-17H2,1H3. The van der Waals surface area contributed by atoms with Crippen LogP contribution < -0.4 is 0 Å². The SMILES string of the molecule is CCCCCCCCCC[C]1CCCCCCC1. The van der Waals surface area contributed by atoms with E-state index in [0.717, 1.165) is 0 Å². The predicted molar refractivity (Wildman–Crippen MR) is 82.8 cm³/mol. The molecule has 0 spiro atoms. The van der Waals surface area contributed by atoms with Crippen molar-refractivity contribution in [2.45, 2.75) is 110 Å². The van der Waals surface area contributed by atoms with Crippen LogP contribution in [0.4, 0.5) is 0 Å². The van der Waals surface area contributed by atoms with Crippen molar-refractivity contribution in [3.63, 3.8) is 0 Å². The first-order valence-corrected chi connectivity index (χ1v) is 8.77. The molecule has 1 fully saturated rings. The van der Waals surface area contributed by atoms with Crippen LogP contribution in [0.25, 0.3) is 0 Å². The number of hydrogen-bond acceptors (Lipinski definition) is 0. The molecular weight excluding hydrogens is 216 g/mol. The molecule has 0 heterocycles. The molecule has 1 aliphatic rings. The van der Waals surface area contributed by atoms with Crippen LogP contribution in [0.5, 0.6) is 0 Å². The highest BCUT2D eigenvalue weighted by Gasteiger charge is 2.11. The monoisotopic (exact) mass is 251 g/mol. The smallest absolute Gasteiger partial charge is 0.0241 e. The summed E-state index contributed by atoms with van der Waals surface area (Å²) in [5.74, 6) is 1.90. The summed E-state index contributed by atoms with van der Waals surface area (Å²) in [5.41, 5.74) is 0. The lowest BCUT2D eigenvalue weighted by atomic mass is 9.87. The average molecular weight is 251 g/mol. The van der Waals surface area contributed by atoms with Crippen molar-refractivity contribution in [3.05, 3.63) is 5.92 Å². The molecule has 0 bridgehead atoms. The van der Waals surface area contributed by atoms with Crippen molar-refractivity contribution >= 4 is 0 Å². The van der Waals surface area contributed by atoms with Crippen molar-refractivity contribution in [3.8, 4) is 0 Å². The van der Waals surface area contributed by atoms with E-state index in [4.69, 9.17) is 0 Å². The van der Waals surface area contributed by atoms with Gasteiger partial charge in [-0.25, -0.2) is 0 Å². The van der Waals surface area contributed by atoms with E-state index in [2.05, 4.69) is 6.92 Å². The van der Waals surface area contributed by atoms with E-state index in [-0.39, 0.29) is 0 Å². The molecule has 0 heteroatoms. The van der Waals surface area contributed by atoms with Crippen molar-refractivity contribution in [1.82, 2.24) is 0 Å². The van der Waals surface area contributed by atoms with Crippen LogP contribution in [0, 0.1) is 5.92 Å². The van der Waals surface area contributed by atoms with Crippen LogP contribution in [0.3, 0.4) is 0 Å². The number of hydrogen-bond donors (Lipinski definition) is 0. The molecule has 0 amide bonds. The minimum absolute atomic E-state index is 1.37. The van der Waals surface area contributed by atoms with E-state index in [1.807, 2.05) is 5.92 Å². The maximum Gasteiger partial charge on any atom is -0.0241 e. The molecule has 0 saturated heterocycles. The molecule has 0 N–H and O–H groups in total. The van der Waals surface area contributed by atoms with Crippen molar-refractivity contribution in [2.75, 3.05) is 0 Å². The van der Waals surface area contributed by atoms with Crippen LogP contribution in [-0.2, 0) is 0 Å². The van der Waals surface area contributed by atoms with E-state index in [9.17, 15) is 0 Å². The summed E-state index contributed by atoms with van der Waals surface area (Å²) in [4.78, 5) is 0. The molecule has 0 aromatic rings. The van der Waals surface area contributed by atoms with Gasteiger partial charge in [0.25, 0.3) is 0 Å². The van der Waals surface area contributed by atoms with Crippen LogP contribution in [0.2, 0.25) is 0 Å². The van der Waals surface area contributed by atoms with Crippen molar-refractivity contribution < 1.29 is 0 Å². The topological polar surface area (TPSA) is 0 Å². The summed E-state index contributed by atoms with van der Waals surface area (Å²) in [6, 6.07) is 0. The molecule has 0 unspecified atom stereocenters. The van der Waals surface area contributed by atoms with E-state index in [0.29, 0.717) is 0 Å². The molecule has 107 valence electrons. The molecular formula is C18H35. The lowest BCUT2D eigenvalue weighted by Crippen LogP contribution is -2.01. The number of unbranched alkanes of at least 4 members (excludes halogenated alkanes) is 7. The first-order valence-electron chi connectivity index (χ1n) is 8.77. The highest BCUT2D eigenvalue weighted by molar-refractivity contribution is 4.89. The number of rotatable bonds is 9. The summed E-state index contributed by atoms with van der Waals surface area (Å²) in [7, 11) is 0. The summed E-state index contributed by atoms with van der Waals surface area (Å²) >= 11 is 0. The highest BCUT2D eigenvalue weighted by atomic mass is 14.2. The van der Waals surface area contributed by atoms with Gasteiger partial charge in [-0.15, -0.1) is 0 Å². The molecule has 0 atom stereocenters. The second-order valence-electron chi connectivity index (χ2n) is 6.24. The molecule has 0 nitrogen and oxygen atoms in total. The minimum atomic E-state index is 1.37. The molecule has 0 aromatic carbocycles. The van der Waals surface area contributed by atoms with Gasteiger partial charge in [0.1, 0.15) is 0 Å². The fourth-order valence-corrected chi connectivity index (χ4v) is 3.16. The van der Waals surface area contributed by atoms with Crippen LogP contribution in [0.1, 0.15) is 110 Å². The second-order valence-corrected chi connectivity index (χ2v) is 6.24. The fraction of sp³-hybridized carbons (Fsp3) is 0.944. The molecule has 0 aliphatic heterocycles. The quantitative estimate of drug-likeness (QED) is 0.394. The van der Waals surface area contributed by atoms with Gasteiger partial charge in [0.05, 0.1) is 0 Å². The average Bonchev–Trinajstić information content (AvgIpc) is 2.34. The summed E-state index contributed by atoms with van der Waals surface area (Å²) in [6.07, 6.45) is 23.5. The molecule has 1 saturated carbocycles. The first kappa shape index (κ1) is 16.1.